The Hall–Kier alpha value is -2.89. The normalized spacial score (nSPS) is 10.2. The number of ether oxygens (including phenoxy) is 1. The van der Waals surface area contributed by atoms with Crippen LogP contribution in [0.1, 0.15) is 21.5 Å². The molecule has 23 heavy (non-hydrogen) atoms. The highest BCUT2D eigenvalue weighted by Gasteiger charge is 2.20. The van der Waals surface area contributed by atoms with Gasteiger partial charge >= 0.3 is 5.69 Å². The van der Waals surface area contributed by atoms with E-state index in [2.05, 4.69) is 0 Å². The minimum absolute atomic E-state index is 0.133. The van der Waals surface area contributed by atoms with Gasteiger partial charge in [0.1, 0.15) is 0 Å². The number of aryl methyl sites for hydroxylation is 1. The third kappa shape index (κ3) is 3.66. The van der Waals surface area contributed by atoms with Gasteiger partial charge in [0.05, 0.1) is 12.0 Å². The molecule has 0 aromatic heterocycles. The lowest BCUT2D eigenvalue weighted by Gasteiger charge is -2.18. The highest BCUT2D eigenvalue weighted by atomic mass is 16.6. The van der Waals surface area contributed by atoms with E-state index in [1.807, 2.05) is 31.2 Å². The van der Waals surface area contributed by atoms with Gasteiger partial charge in [0.2, 0.25) is 0 Å². The summed E-state index contributed by atoms with van der Waals surface area (Å²) in [6.45, 7) is 2.41. The largest absolute Gasteiger partial charge is 0.490 e. The van der Waals surface area contributed by atoms with Gasteiger partial charge in [-0.25, -0.2) is 0 Å². The topological polar surface area (TPSA) is 72.7 Å². The number of methoxy groups -OCH3 is 1. The van der Waals surface area contributed by atoms with Gasteiger partial charge in [0.25, 0.3) is 5.91 Å². The van der Waals surface area contributed by atoms with E-state index >= 15 is 0 Å². The number of rotatable bonds is 5. The smallest absolute Gasteiger partial charge is 0.311 e. The summed E-state index contributed by atoms with van der Waals surface area (Å²) in [4.78, 5) is 24.5. The van der Waals surface area contributed by atoms with Crippen LogP contribution < -0.4 is 4.74 Å². The number of benzene rings is 2. The zero-order valence-electron chi connectivity index (χ0n) is 13.3. The Bertz CT molecular complexity index is 743. The Morgan fingerprint density at radius 1 is 1.26 bits per heavy atom. The molecule has 0 N–H and O–H groups in total. The number of amides is 1. The second-order valence-corrected chi connectivity index (χ2v) is 5.23. The van der Waals surface area contributed by atoms with Crippen LogP contribution in [0.4, 0.5) is 5.69 Å². The van der Waals surface area contributed by atoms with E-state index in [0.717, 1.165) is 11.1 Å². The first-order valence-electron chi connectivity index (χ1n) is 7.06. The predicted octanol–water partition coefficient (Wildman–Crippen LogP) is 3.18. The Balaban J connectivity index is 2.24. The molecule has 0 bridgehead atoms. The number of nitro groups is 1. The van der Waals surface area contributed by atoms with E-state index in [1.165, 1.54) is 30.2 Å². The summed E-state index contributed by atoms with van der Waals surface area (Å²) in [6, 6.07) is 12.0. The van der Waals surface area contributed by atoms with E-state index in [4.69, 9.17) is 4.74 Å². The fraction of sp³-hybridized carbons (Fsp3) is 0.235. The van der Waals surface area contributed by atoms with Gasteiger partial charge in [-0.05, 0) is 30.2 Å². The highest BCUT2D eigenvalue weighted by Crippen LogP contribution is 2.28. The number of hydrogen-bond acceptors (Lipinski definition) is 4. The number of carbonyl (C=O) groups is 1. The van der Waals surface area contributed by atoms with Gasteiger partial charge in [-0.3, -0.25) is 14.9 Å². The molecule has 6 nitrogen and oxygen atoms in total. The van der Waals surface area contributed by atoms with E-state index in [1.54, 1.807) is 7.05 Å². The van der Waals surface area contributed by atoms with Crippen LogP contribution >= 0.6 is 0 Å². The summed E-state index contributed by atoms with van der Waals surface area (Å²) in [5, 5.41) is 11.1. The van der Waals surface area contributed by atoms with Crippen molar-refractivity contribution in [2.24, 2.45) is 0 Å². The number of carbonyl (C=O) groups excluding carboxylic acids is 1. The van der Waals surface area contributed by atoms with Crippen LogP contribution in [0.5, 0.6) is 5.75 Å². The van der Waals surface area contributed by atoms with Crippen LogP contribution in [-0.2, 0) is 6.54 Å². The van der Waals surface area contributed by atoms with Gasteiger partial charge in [-0.1, -0.05) is 24.3 Å². The molecule has 6 heteroatoms. The second-order valence-electron chi connectivity index (χ2n) is 5.23. The molecule has 0 aliphatic heterocycles. The summed E-state index contributed by atoms with van der Waals surface area (Å²) < 4.78 is 4.95. The third-order valence-electron chi connectivity index (χ3n) is 3.64. The summed E-state index contributed by atoms with van der Waals surface area (Å²) in [5.41, 5.74) is 2.16. The molecule has 0 aliphatic rings. The van der Waals surface area contributed by atoms with Crippen LogP contribution in [0.2, 0.25) is 0 Å². The Kier molecular flexibility index (Phi) is 4.95. The molecule has 1 amide bonds. The third-order valence-corrected chi connectivity index (χ3v) is 3.64. The molecule has 120 valence electrons. The van der Waals surface area contributed by atoms with Gasteiger partial charge in [0.15, 0.2) is 5.75 Å². The lowest BCUT2D eigenvalue weighted by atomic mass is 10.1. The molecule has 0 atom stereocenters. The van der Waals surface area contributed by atoms with E-state index in [-0.39, 0.29) is 22.9 Å². The molecule has 0 heterocycles. The Labute approximate surface area is 134 Å². The quantitative estimate of drug-likeness (QED) is 0.627. The number of nitro benzene ring substituents is 1. The van der Waals surface area contributed by atoms with Gasteiger partial charge in [-0.15, -0.1) is 0 Å². The molecule has 0 radical (unpaired) electrons. The van der Waals surface area contributed by atoms with Crippen molar-refractivity contribution in [1.82, 2.24) is 4.90 Å². The Morgan fingerprint density at radius 2 is 1.96 bits per heavy atom. The average Bonchev–Trinajstić information content (AvgIpc) is 2.55. The summed E-state index contributed by atoms with van der Waals surface area (Å²) in [7, 11) is 3.03. The molecule has 2 aromatic rings. The van der Waals surface area contributed by atoms with Crippen LogP contribution in [-0.4, -0.2) is 29.9 Å². The molecule has 0 fully saturated rings. The molecule has 0 spiro atoms. The molecule has 0 saturated carbocycles. The Morgan fingerprint density at radius 3 is 2.57 bits per heavy atom. The lowest BCUT2D eigenvalue weighted by Crippen LogP contribution is -2.26. The molecule has 0 saturated heterocycles. The van der Waals surface area contributed by atoms with Crippen LogP contribution in [0.15, 0.2) is 42.5 Å². The van der Waals surface area contributed by atoms with Crippen molar-refractivity contribution < 1.29 is 14.5 Å². The highest BCUT2D eigenvalue weighted by molar-refractivity contribution is 5.95. The summed E-state index contributed by atoms with van der Waals surface area (Å²) in [5.74, 6) is -0.146. The maximum absolute atomic E-state index is 12.5. The maximum atomic E-state index is 12.5. The van der Waals surface area contributed by atoms with Crippen LogP contribution in [0, 0.1) is 17.0 Å². The molecule has 2 aromatic carbocycles. The van der Waals surface area contributed by atoms with Crippen LogP contribution in [0.25, 0.3) is 0 Å². The predicted molar refractivity (Wildman–Crippen MR) is 86.6 cm³/mol. The van der Waals surface area contributed by atoms with Crippen molar-refractivity contribution in [2.75, 3.05) is 14.2 Å². The van der Waals surface area contributed by atoms with E-state index < -0.39 is 4.92 Å². The molecule has 0 unspecified atom stereocenters. The van der Waals surface area contributed by atoms with Crippen molar-refractivity contribution in [3.8, 4) is 5.75 Å². The van der Waals surface area contributed by atoms with Crippen molar-refractivity contribution in [3.05, 3.63) is 69.3 Å². The maximum Gasteiger partial charge on any atom is 0.311 e. The molecular weight excluding hydrogens is 296 g/mol. The second kappa shape index (κ2) is 6.91. The van der Waals surface area contributed by atoms with E-state index in [0.29, 0.717) is 6.54 Å². The minimum Gasteiger partial charge on any atom is -0.490 e. The first-order chi connectivity index (χ1) is 10.9. The average molecular weight is 314 g/mol. The summed E-state index contributed by atoms with van der Waals surface area (Å²) >= 11 is 0. The number of nitrogens with zero attached hydrogens (tertiary/aromatic N) is 2. The van der Waals surface area contributed by atoms with Crippen molar-refractivity contribution in [1.29, 1.82) is 0 Å². The SMILES string of the molecule is COc1ccc(C(=O)N(C)Cc2ccccc2C)cc1[N+](=O)[O-]. The summed E-state index contributed by atoms with van der Waals surface area (Å²) in [6.07, 6.45) is 0. The number of hydrogen-bond donors (Lipinski definition) is 0. The first-order valence-corrected chi connectivity index (χ1v) is 7.06. The zero-order chi connectivity index (χ0) is 17.0. The van der Waals surface area contributed by atoms with E-state index in [9.17, 15) is 14.9 Å². The fourth-order valence-corrected chi connectivity index (χ4v) is 2.30. The molecule has 2 rings (SSSR count). The fourth-order valence-electron chi connectivity index (χ4n) is 2.30. The van der Waals surface area contributed by atoms with Crippen molar-refractivity contribution in [3.63, 3.8) is 0 Å². The lowest BCUT2D eigenvalue weighted by molar-refractivity contribution is -0.385. The van der Waals surface area contributed by atoms with Crippen molar-refractivity contribution >= 4 is 11.6 Å². The first kappa shape index (κ1) is 16.5. The van der Waals surface area contributed by atoms with Crippen molar-refractivity contribution in [2.45, 2.75) is 13.5 Å². The monoisotopic (exact) mass is 314 g/mol. The zero-order valence-corrected chi connectivity index (χ0v) is 13.3. The van der Waals surface area contributed by atoms with Crippen LogP contribution in [0.3, 0.4) is 0 Å². The molecule has 0 aliphatic carbocycles. The van der Waals surface area contributed by atoms with Gasteiger partial charge < -0.3 is 9.64 Å². The minimum atomic E-state index is -0.559. The molecular formula is C17H18N2O4. The van der Waals surface area contributed by atoms with Gasteiger partial charge in [-0.2, -0.15) is 0 Å². The standard InChI is InChI=1S/C17H18N2O4/c1-12-6-4-5-7-14(12)11-18(2)17(20)13-8-9-16(23-3)15(10-13)19(21)22/h4-10H,11H2,1-3H3. The van der Waals surface area contributed by atoms with Gasteiger partial charge in [0, 0.05) is 25.2 Å².